The lowest BCUT2D eigenvalue weighted by Crippen LogP contribution is -2.10. The minimum absolute atomic E-state index is 0.244. The molecule has 0 saturated heterocycles. The number of aryl methyl sites for hydroxylation is 1. The van der Waals surface area contributed by atoms with Crippen LogP contribution >= 0.6 is 0 Å². The first-order chi connectivity index (χ1) is 9.29. The molecule has 0 aliphatic heterocycles. The van der Waals surface area contributed by atoms with Crippen LogP contribution in [0.25, 0.3) is 11.4 Å². The summed E-state index contributed by atoms with van der Waals surface area (Å²) < 4.78 is 38.8. The van der Waals surface area contributed by atoms with Crippen LogP contribution < -0.4 is 0 Å². The number of carbonyl (C=O) groups is 1. The molecule has 1 heterocycles. The molecule has 0 aliphatic carbocycles. The number of carboxylic acids is 1. The number of hydrogen-bond donors (Lipinski definition) is 1. The van der Waals surface area contributed by atoms with Gasteiger partial charge in [-0.3, -0.25) is 0 Å². The molecule has 1 N–H and O–H groups in total. The zero-order valence-corrected chi connectivity index (χ0v) is 10.3. The third-order valence-corrected chi connectivity index (χ3v) is 2.55. The molecule has 0 spiro atoms. The monoisotopic (exact) mass is 282 g/mol. The fourth-order valence-electron chi connectivity index (χ4n) is 1.72. The molecule has 0 unspecified atom stereocenters. The van der Waals surface area contributed by atoms with E-state index in [1.165, 1.54) is 31.2 Å². The van der Waals surface area contributed by atoms with Gasteiger partial charge in [-0.05, 0) is 19.1 Å². The summed E-state index contributed by atoms with van der Waals surface area (Å²) in [6.45, 7) is 1.49. The Morgan fingerprint density at radius 2 is 1.85 bits per heavy atom. The molecule has 0 amide bonds. The third kappa shape index (κ3) is 2.76. The molecule has 0 bridgehead atoms. The maximum Gasteiger partial charge on any atom is 0.417 e. The normalized spacial score (nSPS) is 11.4. The number of aromatic nitrogens is 2. The van der Waals surface area contributed by atoms with E-state index in [2.05, 4.69) is 9.97 Å². The number of hydrogen-bond acceptors (Lipinski definition) is 3. The van der Waals surface area contributed by atoms with Crippen LogP contribution in [-0.2, 0) is 6.18 Å². The second-order valence-corrected chi connectivity index (χ2v) is 4.07. The molecule has 7 heteroatoms. The van der Waals surface area contributed by atoms with Crippen LogP contribution in [0.3, 0.4) is 0 Å². The number of halogens is 3. The molecule has 0 radical (unpaired) electrons. The number of alkyl halides is 3. The van der Waals surface area contributed by atoms with E-state index in [-0.39, 0.29) is 22.8 Å². The summed E-state index contributed by atoms with van der Waals surface area (Å²) in [5.74, 6) is -1.57. The van der Waals surface area contributed by atoms with Crippen LogP contribution in [0.5, 0.6) is 0 Å². The summed E-state index contributed by atoms with van der Waals surface area (Å²) in [4.78, 5) is 18.5. The topological polar surface area (TPSA) is 63.1 Å². The zero-order chi connectivity index (χ0) is 14.9. The second kappa shape index (κ2) is 4.92. The lowest BCUT2D eigenvalue weighted by molar-refractivity contribution is -0.137. The molecule has 2 rings (SSSR count). The Hall–Kier alpha value is -2.44. The Kier molecular flexibility index (Phi) is 3.44. The summed E-state index contributed by atoms with van der Waals surface area (Å²) in [5.41, 5.74) is -1.21. The van der Waals surface area contributed by atoms with E-state index in [1.54, 1.807) is 0 Å². The Labute approximate surface area is 111 Å². The lowest BCUT2D eigenvalue weighted by atomic mass is 10.1. The lowest BCUT2D eigenvalue weighted by Gasteiger charge is -2.12. The van der Waals surface area contributed by atoms with Gasteiger partial charge in [0.25, 0.3) is 0 Å². The highest BCUT2D eigenvalue weighted by Crippen LogP contribution is 2.35. The molecule has 0 fully saturated rings. The quantitative estimate of drug-likeness (QED) is 0.919. The maximum atomic E-state index is 12.9. The predicted molar refractivity (Wildman–Crippen MR) is 64.2 cm³/mol. The largest absolute Gasteiger partial charge is 0.477 e. The van der Waals surface area contributed by atoms with Crippen molar-refractivity contribution in [2.75, 3.05) is 0 Å². The Balaban J connectivity index is 2.66. The first-order valence-corrected chi connectivity index (χ1v) is 5.54. The van der Waals surface area contributed by atoms with Gasteiger partial charge in [0.1, 0.15) is 0 Å². The van der Waals surface area contributed by atoms with E-state index >= 15 is 0 Å². The van der Waals surface area contributed by atoms with Crippen LogP contribution in [0.15, 0.2) is 30.3 Å². The summed E-state index contributed by atoms with van der Waals surface area (Å²) in [5, 5.41) is 8.90. The number of rotatable bonds is 2. The maximum absolute atomic E-state index is 12.9. The van der Waals surface area contributed by atoms with Crippen molar-refractivity contribution in [3.05, 3.63) is 47.3 Å². The van der Waals surface area contributed by atoms with E-state index in [0.717, 1.165) is 6.07 Å². The van der Waals surface area contributed by atoms with Crippen molar-refractivity contribution >= 4 is 5.97 Å². The summed E-state index contributed by atoms with van der Waals surface area (Å²) in [6.07, 6.45) is -4.56. The van der Waals surface area contributed by atoms with Gasteiger partial charge >= 0.3 is 12.1 Å². The Morgan fingerprint density at radius 1 is 1.20 bits per heavy atom. The van der Waals surface area contributed by atoms with Gasteiger partial charge < -0.3 is 5.11 Å². The fraction of sp³-hybridized carbons (Fsp3) is 0.154. The van der Waals surface area contributed by atoms with Gasteiger partial charge in [-0.15, -0.1) is 0 Å². The molecule has 0 aliphatic rings. The third-order valence-electron chi connectivity index (χ3n) is 2.55. The van der Waals surface area contributed by atoms with Crippen LogP contribution in [0, 0.1) is 6.92 Å². The van der Waals surface area contributed by atoms with Gasteiger partial charge in [-0.25, -0.2) is 14.8 Å². The minimum Gasteiger partial charge on any atom is -0.477 e. The van der Waals surface area contributed by atoms with Crippen molar-refractivity contribution in [2.45, 2.75) is 13.1 Å². The summed E-state index contributed by atoms with van der Waals surface area (Å²) in [7, 11) is 0. The standard InChI is InChI=1S/C13H9F3N2O2/c1-7-6-10(12(19)20)18-11(17-7)8-4-2-3-5-9(8)13(14,15)16/h2-6H,1H3,(H,19,20). The van der Waals surface area contributed by atoms with E-state index in [1.807, 2.05) is 0 Å². The van der Waals surface area contributed by atoms with Gasteiger partial charge in [-0.1, -0.05) is 18.2 Å². The molecule has 0 atom stereocenters. The Morgan fingerprint density at radius 3 is 2.45 bits per heavy atom. The number of nitrogens with zero attached hydrogens (tertiary/aromatic N) is 2. The smallest absolute Gasteiger partial charge is 0.417 e. The Bertz CT molecular complexity index is 669. The number of benzene rings is 1. The molecular formula is C13H9F3N2O2. The molecule has 1 aromatic heterocycles. The number of aromatic carboxylic acids is 1. The highest BCUT2D eigenvalue weighted by Gasteiger charge is 2.34. The van der Waals surface area contributed by atoms with Crippen LogP contribution in [0.4, 0.5) is 13.2 Å². The first-order valence-electron chi connectivity index (χ1n) is 5.54. The predicted octanol–water partition coefficient (Wildman–Crippen LogP) is 3.17. The van der Waals surface area contributed by atoms with Crippen molar-refractivity contribution < 1.29 is 23.1 Å². The fourth-order valence-corrected chi connectivity index (χ4v) is 1.72. The van der Waals surface area contributed by atoms with Gasteiger partial charge in [0.2, 0.25) is 0 Å². The average Bonchev–Trinajstić information content (AvgIpc) is 2.37. The highest BCUT2D eigenvalue weighted by molar-refractivity contribution is 5.86. The van der Waals surface area contributed by atoms with E-state index in [4.69, 9.17) is 5.11 Å². The number of carboxylic acid groups (broad SMARTS) is 1. The highest BCUT2D eigenvalue weighted by atomic mass is 19.4. The van der Waals surface area contributed by atoms with E-state index in [9.17, 15) is 18.0 Å². The van der Waals surface area contributed by atoms with E-state index in [0.29, 0.717) is 0 Å². The van der Waals surface area contributed by atoms with Gasteiger partial charge in [0.05, 0.1) is 5.56 Å². The molecule has 1 aromatic carbocycles. The van der Waals surface area contributed by atoms with Gasteiger partial charge in [-0.2, -0.15) is 13.2 Å². The molecule has 4 nitrogen and oxygen atoms in total. The van der Waals surface area contributed by atoms with Crippen LogP contribution in [0.2, 0.25) is 0 Å². The molecule has 20 heavy (non-hydrogen) atoms. The zero-order valence-electron chi connectivity index (χ0n) is 10.3. The van der Waals surface area contributed by atoms with Crippen molar-refractivity contribution in [3.63, 3.8) is 0 Å². The van der Waals surface area contributed by atoms with Crippen molar-refractivity contribution in [1.82, 2.24) is 9.97 Å². The van der Waals surface area contributed by atoms with Crippen LogP contribution in [0.1, 0.15) is 21.7 Å². The van der Waals surface area contributed by atoms with E-state index < -0.39 is 17.7 Å². The van der Waals surface area contributed by atoms with Crippen molar-refractivity contribution in [3.8, 4) is 11.4 Å². The van der Waals surface area contributed by atoms with Crippen molar-refractivity contribution in [1.29, 1.82) is 0 Å². The molecule has 2 aromatic rings. The second-order valence-electron chi connectivity index (χ2n) is 4.07. The average molecular weight is 282 g/mol. The SMILES string of the molecule is Cc1cc(C(=O)O)nc(-c2ccccc2C(F)(F)F)n1. The molecule has 0 saturated carbocycles. The summed E-state index contributed by atoms with van der Waals surface area (Å²) in [6, 6.07) is 5.98. The van der Waals surface area contributed by atoms with Gasteiger partial charge in [0.15, 0.2) is 11.5 Å². The van der Waals surface area contributed by atoms with Crippen LogP contribution in [-0.4, -0.2) is 21.0 Å². The molecular weight excluding hydrogens is 273 g/mol. The minimum atomic E-state index is -4.56. The van der Waals surface area contributed by atoms with Gasteiger partial charge in [0, 0.05) is 11.3 Å². The summed E-state index contributed by atoms with van der Waals surface area (Å²) >= 11 is 0. The van der Waals surface area contributed by atoms with Crippen molar-refractivity contribution in [2.24, 2.45) is 0 Å². The molecule has 104 valence electrons. The first kappa shape index (κ1) is 14.0.